The Morgan fingerprint density at radius 1 is 1.09 bits per heavy atom. The Bertz CT molecular complexity index is 1670. The van der Waals surface area contributed by atoms with E-state index < -0.39 is 22.6 Å². The smallest absolute Gasteiger partial charge is 0.336 e. The molecule has 2 N–H and O–H groups in total. The summed E-state index contributed by atoms with van der Waals surface area (Å²) in [5, 5.41) is 13.1. The highest BCUT2D eigenvalue weighted by Gasteiger charge is 2.31. The third-order valence-electron chi connectivity index (χ3n) is 6.03. The number of fused-ring (bicyclic) bond motifs is 1. The first-order chi connectivity index (χ1) is 16.2. The van der Waals surface area contributed by atoms with Crippen molar-refractivity contribution < 1.29 is 9.50 Å². The van der Waals surface area contributed by atoms with E-state index in [1.807, 2.05) is 22.6 Å². The first-order valence-electron chi connectivity index (χ1n) is 10.6. The highest BCUT2D eigenvalue weighted by molar-refractivity contribution is 14.1. The fourth-order valence-electron chi connectivity index (χ4n) is 4.21. The van der Waals surface area contributed by atoms with Gasteiger partial charge in [0.1, 0.15) is 22.8 Å². The number of phenols is 1. The quantitative estimate of drug-likeness (QED) is 0.363. The van der Waals surface area contributed by atoms with Crippen LogP contribution >= 0.6 is 22.6 Å². The molecule has 0 radical (unpaired) electrons. The fourth-order valence-corrected chi connectivity index (χ4v) is 4.66. The predicted molar refractivity (Wildman–Crippen MR) is 136 cm³/mol. The molecule has 0 saturated heterocycles. The summed E-state index contributed by atoms with van der Waals surface area (Å²) in [4.78, 5) is 40.4. The number of phenolic OH excluding ortho intramolecular Hbond substituents is 1. The fraction of sp³-hybridized carbons (Fsp3) is 0.208. The lowest BCUT2D eigenvalue weighted by Crippen LogP contribution is -2.41. The molecule has 0 aliphatic heterocycles. The highest BCUT2D eigenvalue weighted by Crippen LogP contribution is 2.34. The second-order valence-corrected chi connectivity index (χ2v) is 9.60. The second kappa shape index (κ2) is 8.12. The molecular formula is C24H20FIN4O4. The zero-order chi connectivity index (χ0) is 24.3. The van der Waals surface area contributed by atoms with Crippen LogP contribution in [0.15, 0.2) is 56.8 Å². The van der Waals surface area contributed by atoms with Gasteiger partial charge in [0.2, 0.25) is 0 Å². The lowest BCUT2D eigenvalue weighted by Gasteiger charge is -2.20. The minimum Gasteiger partial charge on any atom is -0.508 e. The number of aryl methyl sites for hydroxylation is 1. The van der Waals surface area contributed by atoms with Gasteiger partial charge in [0, 0.05) is 28.3 Å². The molecule has 1 saturated carbocycles. The zero-order valence-corrected chi connectivity index (χ0v) is 20.5. The summed E-state index contributed by atoms with van der Waals surface area (Å²) in [6.45, 7) is 1.54. The number of benzene rings is 2. The summed E-state index contributed by atoms with van der Waals surface area (Å²) in [5.41, 5.74) is -0.877. The lowest BCUT2D eigenvalue weighted by atomic mass is 10.1. The van der Waals surface area contributed by atoms with Crippen LogP contribution < -0.4 is 22.1 Å². The number of aromatic hydroxyl groups is 1. The first-order valence-corrected chi connectivity index (χ1v) is 11.7. The van der Waals surface area contributed by atoms with E-state index in [0.717, 1.165) is 0 Å². The molecule has 10 heteroatoms. The van der Waals surface area contributed by atoms with Crippen molar-refractivity contribution in [1.82, 2.24) is 13.7 Å². The molecule has 2 aromatic heterocycles. The molecule has 4 aromatic rings. The number of hydrogen-bond donors (Lipinski definition) is 2. The van der Waals surface area contributed by atoms with Gasteiger partial charge in [-0.3, -0.25) is 23.3 Å². The molecule has 8 nitrogen and oxygen atoms in total. The molecule has 0 amide bonds. The molecule has 1 fully saturated rings. The van der Waals surface area contributed by atoms with Crippen molar-refractivity contribution in [3.8, 4) is 11.4 Å². The molecule has 5 rings (SSSR count). The summed E-state index contributed by atoms with van der Waals surface area (Å²) >= 11 is 1.99. The maximum Gasteiger partial charge on any atom is 0.336 e. The van der Waals surface area contributed by atoms with Crippen LogP contribution in [-0.4, -0.2) is 18.8 Å². The maximum absolute atomic E-state index is 14.7. The summed E-state index contributed by atoms with van der Waals surface area (Å²) in [6.07, 6.45) is 1.36. The predicted octanol–water partition coefficient (Wildman–Crippen LogP) is 3.69. The van der Waals surface area contributed by atoms with E-state index in [-0.39, 0.29) is 39.8 Å². The Hall–Kier alpha value is -3.41. The molecule has 1 aliphatic carbocycles. The largest absolute Gasteiger partial charge is 0.508 e. The van der Waals surface area contributed by atoms with Crippen molar-refractivity contribution in [3.05, 3.63) is 88.6 Å². The van der Waals surface area contributed by atoms with E-state index >= 15 is 0 Å². The van der Waals surface area contributed by atoms with E-state index in [2.05, 4.69) is 5.32 Å². The van der Waals surface area contributed by atoms with Crippen molar-refractivity contribution in [2.75, 3.05) is 5.32 Å². The standard InChI is InChI=1S/C24H20FIN4O4/c1-12-20-19(21(28(2)22(12)32)27-18-9-6-13(26)10-17(18)25)23(33)30(14-7-8-14)24(34)29(20)15-4-3-5-16(31)11-15/h3-6,9-11,14,27,31H,7-8H2,1-2H3. The minimum atomic E-state index is -0.589. The van der Waals surface area contributed by atoms with E-state index in [0.29, 0.717) is 22.1 Å². The Morgan fingerprint density at radius 2 is 1.82 bits per heavy atom. The molecule has 0 bridgehead atoms. The van der Waals surface area contributed by atoms with Gasteiger partial charge in [0.25, 0.3) is 11.1 Å². The molecule has 0 unspecified atom stereocenters. The molecule has 2 aromatic carbocycles. The second-order valence-electron chi connectivity index (χ2n) is 8.35. The molecule has 34 heavy (non-hydrogen) atoms. The van der Waals surface area contributed by atoms with E-state index in [1.165, 1.54) is 45.0 Å². The van der Waals surface area contributed by atoms with Gasteiger partial charge in [-0.2, -0.15) is 0 Å². The molecule has 2 heterocycles. The van der Waals surface area contributed by atoms with Crippen LogP contribution in [0.3, 0.4) is 0 Å². The van der Waals surface area contributed by atoms with Gasteiger partial charge in [0.05, 0.1) is 16.9 Å². The number of halogens is 2. The van der Waals surface area contributed by atoms with Gasteiger partial charge in [0.15, 0.2) is 0 Å². The zero-order valence-electron chi connectivity index (χ0n) is 18.3. The van der Waals surface area contributed by atoms with Crippen LogP contribution in [0, 0.1) is 16.3 Å². The third kappa shape index (κ3) is 3.52. The number of rotatable bonds is 4. The van der Waals surface area contributed by atoms with Crippen molar-refractivity contribution in [2.24, 2.45) is 7.05 Å². The van der Waals surface area contributed by atoms with Gasteiger partial charge >= 0.3 is 5.69 Å². The lowest BCUT2D eigenvalue weighted by molar-refractivity contribution is 0.475. The number of pyridine rings is 1. The number of hydrogen-bond acceptors (Lipinski definition) is 5. The summed E-state index contributed by atoms with van der Waals surface area (Å²) in [7, 11) is 1.49. The van der Waals surface area contributed by atoms with Crippen LogP contribution in [0.2, 0.25) is 0 Å². The molecule has 1 aliphatic rings. The van der Waals surface area contributed by atoms with Crippen LogP contribution in [0.4, 0.5) is 15.9 Å². The van der Waals surface area contributed by atoms with E-state index in [1.54, 1.807) is 25.1 Å². The highest BCUT2D eigenvalue weighted by atomic mass is 127. The SMILES string of the molecule is Cc1c(=O)n(C)c(Nc2ccc(I)cc2F)c2c(=O)n(C3CC3)c(=O)n(-c3cccc(O)c3)c12. The average molecular weight is 574 g/mol. The maximum atomic E-state index is 14.7. The average Bonchev–Trinajstić information content (AvgIpc) is 3.62. The van der Waals surface area contributed by atoms with Gasteiger partial charge in [-0.1, -0.05) is 6.07 Å². The molecular weight excluding hydrogens is 554 g/mol. The van der Waals surface area contributed by atoms with Crippen LogP contribution in [0.25, 0.3) is 16.6 Å². The van der Waals surface area contributed by atoms with Gasteiger partial charge in [-0.25, -0.2) is 9.18 Å². The number of anilines is 2. The minimum absolute atomic E-state index is 0.0671. The van der Waals surface area contributed by atoms with Crippen molar-refractivity contribution in [2.45, 2.75) is 25.8 Å². The number of aromatic nitrogens is 3. The van der Waals surface area contributed by atoms with Crippen LogP contribution in [0.1, 0.15) is 24.4 Å². The summed E-state index contributed by atoms with van der Waals surface area (Å²) < 4.78 is 19.1. The molecule has 0 atom stereocenters. The Balaban J connectivity index is 1.95. The van der Waals surface area contributed by atoms with Crippen molar-refractivity contribution in [1.29, 1.82) is 0 Å². The molecule has 0 spiro atoms. The van der Waals surface area contributed by atoms with Crippen LogP contribution in [0.5, 0.6) is 5.75 Å². The van der Waals surface area contributed by atoms with Gasteiger partial charge in [-0.05, 0) is 72.7 Å². The van der Waals surface area contributed by atoms with Crippen LogP contribution in [-0.2, 0) is 7.05 Å². The van der Waals surface area contributed by atoms with Gasteiger partial charge < -0.3 is 10.4 Å². The Kier molecular flexibility index (Phi) is 5.34. The Labute approximate surface area is 206 Å². The van der Waals surface area contributed by atoms with E-state index in [4.69, 9.17) is 0 Å². The topological polar surface area (TPSA) is 98.3 Å². The van der Waals surface area contributed by atoms with Gasteiger partial charge in [-0.15, -0.1) is 0 Å². The number of nitrogens with zero attached hydrogens (tertiary/aromatic N) is 3. The first kappa shape index (κ1) is 22.4. The summed E-state index contributed by atoms with van der Waals surface area (Å²) in [6, 6.07) is 10.4. The Morgan fingerprint density at radius 3 is 2.47 bits per heavy atom. The third-order valence-corrected chi connectivity index (χ3v) is 6.70. The monoisotopic (exact) mass is 574 g/mol. The van der Waals surface area contributed by atoms with Crippen molar-refractivity contribution >= 4 is 45.0 Å². The van der Waals surface area contributed by atoms with Crippen molar-refractivity contribution in [3.63, 3.8) is 0 Å². The molecule has 174 valence electrons. The number of nitrogens with one attached hydrogen (secondary N) is 1. The summed E-state index contributed by atoms with van der Waals surface area (Å²) in [5.74, 6) is -0.529. The normalized spacial score (nSPS) is 13.4. The van der Waals surface area contributed by atoms with E-state index in [9.17, 15) is 23.9 Å².